The molecule has 18 heavy (non-hydrogen) atoms. The lowest BCUT2D eigenvalue weighted by Crippen LogP contribution is -1.99. The first-order valence-corrected chi connectivity index (χ1v) is 6.26. The van der Waals surface area contributed by atoms with Crippen molar-refractivity contribution in [3.05, 3.63) is 39.6 Å². The minimum Gasteiger partial charge on any atom is -0.472 e. The van der Waals surface area contributed by atoms with Gasteiger partial charge in [-0.2, -0.15) is 4.99 Å². The Morgan fingerprint density at radius 2 is 2.33 bits per heavy atom. The van der Waals surface area contributed by atoms with Crippen LogP contribution in [0.25, 0.3) is 0 Å². The van der Waals surface area contributed by atoms with Crippen molar-refractivity contribution in [2.75, 3.05) is 0 Å². The Balaban J connectivity index is 2.20. The van der Waals surface area contributed by atoms with Crippen molar-refractivity contribution in [2.24, 2.45) is 12.0 Å². The maximum Gasteiger partial charge on any atom is 0.240 e. The van der Waals surface area contributed by atoms with E-state index in [1.54, 1.807) is 29.1 Å². The number of benzene rings is 1. The van der Waals surface area contributed by atoms with Gasteiger partial charge < -0.3 is 4.74 Å². The van der Waals surface area contributed by atoms with Gasteiger partial charge in [-0.05, 0) is 34.7 Å². The average Bonchev–Trinajstić information content (AvgIpc) is 2.75. The summed E-state index contributed by atoms with van der Waals surface area (Å²) < 4.78 is 8.20. The molecule has 0 amide bonds. The van der Waals surface area contributed by atoms with Gasteiger partial charge in [0.25, 0.3) is 0 Å². The standard InChI is InChI=1S/C12H10IN3O2/c1-16-6-5-12(15-16)18-7-9-10(13)3-2-4-11(9)14-8-17/h2-6H,7H2,1H3. The van der Waals surface area contributed by atoms with Gasteiger partial charge in [0.15, 0.2) is 0 Å². The molecule has 1 heterocycles. The van der Waals surface area contributed by atoms with Crippen LogP contribution in [0.1, 0.15) is 5.56 Å². The summed E-state index contributed by atoms with van der Waals surface area (Å²) in [5.41, 5.74) is 1.43. The first-order chi connectivity index (χ1) is 8.70. The lowest BCUT2D eigenvalue weighted by atomic mass is 10.2. The van der Waals surface area contributed by atoms with E-state index in [0.29, 0.717) is 18.2 Å². The first kappa shape index (κ1) is 12.8. The Morgan fingerprint density at radius 1 is 1.50 bits per heavy atom. The van der Waals surface area contributed by atoms with E-state index >= 15 is 0 Å². The van der Waals surface area contributed by atoms with Gasteiger partial charge in [0, 0.05) is 28.4 Å². The second-order valence-electron chi connectivity index (χ2n) is 3.56. The van der Waals surface area contributed by atoms with Gasteiger partial charge >= 0.3 is 0 Å². The van der Waals surface area contributed by atoms with E-state index in [1.807, 2.05) is 19.2 Å². The molecule has 1 aromatic carbocycles. The minimum atomic E-state index is 0.316. The summed E-state index contributed by atoms with van der Waals surface area (Å²) in [6.07, 6.45) is 3.35. The van der Waals surface area contributed by atoms with Crippen LogP contribution in [0.2, 0.25) is 0 Å². The highest BCUT2D eigenvalue weighted by molar-refractivity contribution is 14.1. The average molecular weight is 355 g/mol. The highest BCUT2D eigenvalue weighted by Crippen LogP contribution is 2.25. The maximum atomic E-state index is 10.4. The minimum absolute atomic E-state index is 0.316. The van der Waals surface area contributed by atoms with Crippen LogP contribution in [0.4, 0.5) is 5.69 Å². The quantitative estimate of drug-likeness (QED) is 0.481. The number of ether oxygens (including phenoxy) is 1. The molecule has 0 atom stereocenters. The van der Waals surface area contributed by atoms with Crippen LogP contribution in [0.3, 0.4) is 0 Å². The van der Waals surface area contributed by atoms with Gasteiger partial charge in [-0.25, -0.2) is 4.79 Å². The predicted octanol–water partition coefficient (Wildman–Crippen LogP) is 2.57. The van der Waals surface area contributed by atoms with E-state index in [1.165, 1.54) is 0 Å². The van der Waals surface area contributed by atoms with E-state index in [9.17, 15) is 4.79 Å². The van der Waals surface area contributed by atoms with Crippen molar-refractivity contribution in [1.29, 1.82) is 0 Å². The maximum absolute atomic E-state index is 10.4. The molecule has 0 saturated carbocycles. The fourth-order valence-corrected chi connectivity index (χ4v) is 2.10. The summed E-state index contributed by atoms with van der Waals surface area (Å²) >= 11 is 2.18. The molecule has 2 aromatic rings. The van der Waals surface area contributed by atoms with Gasteiger partial charge in [0.2, 0.25) is 12.0 Å². The largest absolute Gasteiger partial charge is 0.472 e. The molecule has 2 rings (SSSR count). The monoisotopic (exact) mass is 355 g/mol. The zero-order valence-corrected chi connectivity index (χ0v) is 11.8. The number of hydrogen-bond donors (Lipinski definition) is 0. The van der Waals surface area contributed by atoms with Crippen LogP contribution in [0.5, 0.6) is 5.88 Å². The van der Waals surface area contributed by atoms with Crippen molar-refractivity contribution in [3.63, 3.8) is 0 Å². The molecule has 0 fully saturated rings. The smallest absolute Gasteiger partial charge is 0.240 e. The third kappa shape index (κ3) is 2.96. The molecule has 0 radical (unpaired) electrons. The van der Waals surface area contributed by atoms with E-state index < -0.39 is 0 Å². The van der Waals surface area contributed by atoms with Crippen molar-refractivity contribution in [3.8, 4) is 5.88 Å². The molecule has 0 bridgehead atoms. The molecule has 5 nitrogen and oxygen atoms in total. The number of nitrogens with zero attached hydrogens (tertiary/aromatic N) is 3. The molecule has 6 heteroatoms. The van der Waals surface area contributed by atoms with E-state index in [2.05, 4.69) is 32.7 Å². The molecule has 0 N–H and O–H groups in total. The molecule has 92 valence electrons. The number of hydrogen-bond acceptors (Lipinski definition) is 4. The van der Waals surface area contributed by atoms with Crippen LogP contribution in [0, 0.1) is 3.57 Å². The van der Waals surface area contributed by atoms with Crippen LogP contribution in [-0.4, -0.2) is 15.9 Å². The summed E-state index contributed by atoms with van der Waals surface area (Å²) in [6, 6.07) is 7.30. The summed E-state index contributed by atoms with van der Waals surface area (Å²) in [7, 11) is 1.82. The number of isocyanates is 1. The fraction of sp³-hybridized carbons (Fsp3) is 0.167. The molecule has 0 aliphatic rings. The van der Waals surface area contributed by atoms with Crippen LogP contribution in [0.15, 0.2) is 35.5 Å². The number of carbonyl (C=O) groups excluding carboxylic acids is 1. The Bertz CT molecular complexity index is 603. The zero-order valence-electron chi connectivity index (χ0n) is 9.63. The topological polar surface area (TPSA) is 56.5 Å². The predicted molar refractivity (Wildman–Crippen MR) is 74.5 cm³/mol. The van der Waals surface area contributed by atoms with E-state index in [-0.39, 0.29) is 0 Å². The Hall–Kier alpha value is -1.66. The summed E-state index contributed by atoms with van der Waals surface area (Å²) in [5, 5.41) is 4.12. The lowest BCUT2D eigenvalue weighted by molar-refractivity contribution is 0.290. The molecule has 0 saturated heterocycles. The third-order valence-corrected chi connectivity index (χ3v) is 3.32. The number of aryl methyl sites for hydroxylation is 1. The lowest BCUT2D eigenvalue weighted by Gasteiger charge is -2.07. The van der Waals surface area contributed by atoms with E-state index in [4.69, 9.17) is 4.74 Å². The summed E-state index contributed by atoms with van der Waals surface area (Å²) in [5.74, 6) is 0.540. The van der Waals surface area contributed by atoms with Gasteiger partial charge in [0.05, 0.1) is 5.69 Å². The molecule has 0 spiro atoms. The summed E-state index contributed by atoms with van der Waals surface area (Å²) in [4.78, 5) is 14.0. The van der Waals surface area contributed by atoms with Crippen LogP contribution < -0.4 is 4.74 Å². The van der Waals surface area contributed by atoms with Crippen molar-refractivity contribution < 1.29 is 9.53 Å². The van der Waals surface area contributed by atoms with Crippen molar-refractivity contribution in [2.45, 2.75) is 6.61 Å². The normalized spacial score (nSPS) is 9.89. The molecule has 0 aliphatic carbocycles. The fourth-order valence-electron chi connectivity index (χ4n) is 1.46. The number of halogens is 1. The van der Waals surface area contributed by atoms with Crippen molar-refractivity contribution in [1.82, 2.24) is 9.78 Å². The third-order valence-electron chi connectivity index (χ3n) is 2.31. The number of rotatable bonds is 4. The molecule has 0 unspecified atom stereocenters. The van der Waals surface area contributed by atoms with Gasteiger partial charge in [-0.1, -0.05) is 6.07 Å². The SMILES string of the molecule is Cn1ccc(OCc2c(I)cccc2N=C=O)n1. The number of aromatic nitrogens is 2. The highest BCUT2D eigenvalue weighted by atomic mass is 127. The Labute approximate surface area is 118 Å². The highest BCUT2D eigenvalue weighted by Gasteiger charge is 2.08. The first-order valence-electron chi connectivity index (χ1n) is 5.18. The van der Waals surface area contributed by atoms with Crippen LogP contribution in [-0.2, 0) is 18.4 Å². The molecule has 0 aliphatic heterocycles. The molecular weight excluding hydrogens is 345 g/mol. The number of aliphatic imine (C=N–C) groups is 1. The van der Waals surface area contributed by atoms with Gasteiger partial charge in [-0.3, -0.25) is 4.68 Å². The second-order valence-corrected chi connectivity index (χ2v) is 4.72. The Morgan fingerprint density at radius 3 is 3.00 bits per heavy atom. The second kappa shape index (κ2) is 5.79. The van der Waals surface area contributed by atoms with Gasteiger partial charge in [0.1, 0.15) is 6.61 Å². The summed E-state index contributed by atoms with van der Waals surface area (Å²) in [6.45, 7) is 0.316. The molecule has 1 aromatic heterocycles. The van der Waals surface area contributed by atoms with Gasteiger partial charge in [-0.15, -0.1) is 5.10 Å². The van der Waals surface area contributed by atoms with Crippen molar-refractivity contribution >= 4 is 34.4 Å². The van der Waals surface area contributed by atoms with E-state index in [0.717, 1.165) is 9.13 Å². The Kier molecular flexibility index (Phi) is 4.11. The molecular formula is C12H10IN3O2. The van der Waals surface area contributed by atoms with Crippen LogP contribution >= 0.6 is 22.6 Å². The zero-order chi connectivity index (χ0) is 13.0.